The van der Waals surface area contributed by atoms with Crippen molar-refractivity contribution in [1.29, 1.82) is 0 Å². The van der Waals surface area contributed by atoms with Gasteiger partial charge < -0.3 is 14.2 Å². The van der Waals surface area contributed by atoms with Crippen molar-refractivity contribution in [3.63, 3.8) is 0 Å². The van der Waals surface area contributed by atoms with E-state index < -0.39 is 25.2 Å². The molecule has 1 rings (SSSR count). The van der Waals surface area contributed by atoms with E-state index in [4.69, 9.17) is 9.05 Å². The Hall–Kier alpha value is -1.40. The molecule has 0 heterocycles. The maximum atomic E-state index is 12.5. The quantitative estimate of drug-likeness (QED) is 0.568. The highest BCUT2D eigenvalue weighted by atomic mass is 31.2. The number of alkyl halides is 3. The Morgan fingerprint density at radius 3 is 1.95 bits per heavy atom. The fourth-order valence-corrected chi connectivity index (χ4v) is 3.04. The average molecular weight is 336 g/mol. The van der Waals surface area contributed by atoms with Crippen LogP contribution in [0.2, 0.25) is 0 Å². The Morgan fingerprint density at radius 1 is 1.14 bits per heavy atom. The molecule has 1 aromatic carbocycles. The molecule has 0 aliphatic heterocycles. The Morgan fingerprint density at radius 2 is 1.59 bits per heavy atom. The van der Waals surface area contributed by atoms with E-state index in [0.717, 1.165) is 24.3 Å². The minimum atomic E-state index is -4.49. The molecule has 0 aromatic heterocycles. The van der Waals surface area contributed by atoms with Gasteiger partial charge in [0, 0.05) is 0 Å². The van der Waals surface area contributed by atoms with Gasteiger partial charge in [-0.1, -0.05) is 24.3 Å². The monoisotopic (exact) mass is 336 g/mol. The Bertz CT molecular complexity index is 538. The minimum Gasteiger partial charge on any atom is -0.376 e. The highest BCUT2D eigenvalue weighted by Crippen LogP contribution is 2.59. The van der Waals surface area contributed by atoms with Crippen LogP contribution in [0.15, 0.2) is 49.6 Å². The van der Waals surface area contributed by atoms with Gasteiger partial charge in [-0.15, -0.1) is 13.2 Å². The van der Waals surface area contributed by atoms with Gasteiger partial charge in [0.1, 0.15) is 0 Å². The lowest BCUT2D eigenvalue weighted by Gasteiger charge is -2.22. The number of hydrogen-bond donors (Lipinski definition) is 1. The summed E-state index contributed by atoms with van der Waals surface area (Å²) in [4.78, 5) is 0. The minimum absolute atomic E-state index is 0.00976. The van der Waals surface area contributed by atoms with Gasteiger partial charge in [-0.05, 0) is 17.7 Å². The molecule has 8 heteroatoms. The highest BCUT2D eigenvalue weighted by Gasteiger charge is 2.36. The average Bonchev–Trinajstić information content (AvgIpc) is 2.49. The smallest absolute Gasteiger partial charge is 0.376 e. The predicted octanol–water partition coefficient (Wildman–Crippen LogP) is 4.29. The zero-order valence-corrected chi connectivity index (χ0v) is 12.5. The molecule has 0 aliphatic rings. The van der Waals surface area contributed by atoms with E-state index in [9.17, 15) is 22.8 Å². The number of rotatable bonds is 8. The SMILES string of the molecule is C=CCOP(=O)(OCC=C)[C@H](O)c1ccc(C(F)(F)F)cc1. The van der Waals surface area contributed by atoms with Gasteiger partial charge in [0.25, 0.3) is 0 Å². The van der Waals surface area contributed by atoms with Gasteiger partial charge in [0.15, 0.2) is 5.85 Å². The first-order valence-corrected chi connectivity index (χ1v) is 7.81. The molecule has 122 valence electrons. The summed E-state index contributed by atoms with van der Waals surface area (Å²) in [5, 5.41) is 10.1. The number of aliphatic hydroxyl groups is 1. The topological polar surface area (TPSA) is 55.8 Å². The maximum Gasteiger partial charge on any atom is 0.416 e. The van der Waals surface area contributed by atoms with Crippen LogP contribution in [0.4, 0.5) is 13.2 Å². The number of benzene rings is 1. The van der Waals surface area contributed by atoms with Crippen molar-refractivity contribution < 1.29 is 31.9 Å². The summed E-state index contributed by atoms with van der Waals surface area (Å²) >= 11 is 0. The first-order chi connectivity index (χ1) is 10.2. The molecule has 0 unspecified atom stereocenters. The molecule has 0 spiro atoms. The molecule has 1 aromatic rings. The Labute approximate surface area is 126 Å². The zero-order valence-electron chi connectivity index (χ0n) is 11.6. The summed E-state index contributed by atoms with van der Waals surface area (Å²) < 4.78 is 60.0. The highest BCUT2D eigenvalue weighted by molar-refractivity contribution is 7.54. The van der Waals surface area contributed by atoms with Crippen molar-refractivity contribution >= 4 is 7.60 Å². The van der Waals surface area contributed by atoms with Crippen LogP contribution in [-0.2, 0) is 19.8 Å². The zero-order chi connectivity index (χ0) is 16.8. The third kappa shape index (κ3) is 4.81. The van der Waals surface area contributed by atoms with Crippen LogP contribution in [0.5, 0.6) is 0 Å². The van der Waals surface area contributed by atoms with E-state index in [1.165, 1.54) is 12.2 Å². The summed E-state index contributed by atoms with van der Waals surface area (Å²) in [6, 6.07) is 3.61. The fraction of sp³-hybridized carbons (Fsp3) is 0.286. The van der Waals surface area contributed by atoms with Crippen LogP contribution in [0.25, 0.3) is 0 Å². The lowest BCUT2D eigenvalue weighted by Crippen LogP contribution is -2.08. The molecule has 4 nitrogen and oxygen atoms in total. The van der Waals surface area contributed by atoms with Crippen molar-refractivity contribution in [2.24, 2.45) is 0 Å². The standard InChI is InChI=1S/C14H16F3O4P/c1-3-9-20-22(19,21-10-4-2)13(18)11-5-7-12(8-6-11)14(15,16)17/h3-8,13,18H,1-2,9-10H2/t13-/m0/s1. The molecule has 0 fully saturated rings. The van der Waals surface area contributed by atoms with Gasteiger partial charge >= 0.3 is 13.8 Å². The Kier molecular flexibility index (Phi) is 6.56. The molecule has 0 saturated carbocycles. The fourth-order valence-electron chi connectivity index (χ4n) is 1.52. The van der Waals surface area contributed by atoms with Crippen LogP contribution in [0.1, 0.15) is 17.0 Å². The summed E-state index contributed by atoms with van der Waals surface area (Å²) in [5.74, 6) is -1.71. The molecule has 0 bridgehead atoms. The van der Waals surface area contributed by atoms with Crippen LogP contribution in [-0.4, -0.2) is 18.3 Å². The summed E-state index contributed by atoms with van der Waals surface area (Å²) in [5.41, 5.74) is -0.887. The number of aliphatic hydroxyl groups excluding tert-OH is 1. The van der Waals surface area contributed by atoms with E-state index >= 15 is 0 Å². The van der Waals surface area contributed by atoms with Crippen molar-refractivity contribution in [2.45, 2.75) is 12.0 Å². The second kappa shape index (κ2) is 7.74. The molecule has 1 atom stereocenters. The van der Waals surface area contributed by atoms with Crippen molar-refractivity contribution in [1.82, 2.24) is 0 Å². The molecule has 1 N–H and O–H groups in total. The summed E-state index contributed by atoms with van der Waals surface area (Å²) in [6.45, 7) is 6.48. The van der Waals surface area contributed by atoms with E-state index in [1.807, 2.05) is 0 Å². The molecular weight excluding hydrogens is 320 g/mol. The molecular formula is C14H16F3O4P. The lowest BCUT2D eigenvalue weighted by molar-refractivity contribution is -0.137. The Balaban J connectivity index is 3.02. The first kappa shape index (κ1) is 18.6. The molecule has 0 amide bonds. The molecule has 0 aliphatic carbocycles. The lowest BCUT2D eigenvalue weighted by atomic mass is 10.1. The predicted molar refractivity (Wildman–Crippen MR) is 76.3 cm³/mol. The van der Waals surface area contributed by atoms with Crippen molar-refractivity contribution in [2.75, 3.05) is 13.2 Å². The van der Waals surface area contributed by atoms with Gasteiger partial charge in [0.05, 0.1) is 18.8 Å². The van der Waals surface area contributed by atoms with E-state index in [0.29, 0.717) is 0 Å². The van der Waals surface area contributed by atoms with Crippen LogP contribution >= 0.6 is 7.60 Å². The van der Waals surface area contributed by atoms with Crippen molar-refractivity contribution in [3.05, 3.63) is 60.7 Å². The van der Waals surface area contributed by atoms with Crippen LogP contribution < -0.4 is 0 Å². The maximum absolute atomic E-state index is 12.5. The van der Waals surface area contributed by atoms with Gasteiger partial charge in [-0.25, -0.2) is 0 Å². The van der Waals surface area contributed by atoms with E-state index in [-0.39, 0.29) is 18.8 Å². The summed E-state index contributed by atoms with van der Waals surface area (Å²) in [7, 11) is -3.99. The molecule has 0 saturated heterocycles. The second-order valence-corrected chi connectivity index (χ2v) is 6.29. The third-order valence-electron chi connectivity index (χ3n) is 2.58. The van der Waals surface area contributed by atoms with E-state index in [2.05, 4.69) is 13.2 Å². The first-order valence-electron chi connectivity index (χ1n) is 6.20. The normalized spacial score (nSPS) is 13.6. The van der Waals surface area contributed by atoms with Gasteiger partial charge in [-0.2, -0.15) is 13.2 Å². The second-order valence-electron chi connectivity index (χ2n) is 4.20. The summed E-state index contributed by atoms with van der Waals surface area (Å²) in [6.07, 6.45) is -1.88. The van der Waals surface area contributed by atoms with Crippen LogP contribution in [0.3, 0.4) is 0 Å². The third-order valence-corrected chi connectivity index (χ3v) is 4.50. The molecule has 0 radical (unpaired) electrons. The number of halogens is 3. The van der Waals surface area contributed by atoms with E-state index in [1.54, 1.807) is 0 Å². The van der Waals surface area contributed by atoms with Gasteiger partial charge in [0.2, 0.25) is 0 Å². The van der Waals surface area contributed by atoms with Crippen LogP contribution in [0, 0.1) is 0 Å². The number of hydrogen-bond acceptors (Lipinski definition) is 4. The molecule has 22 heavy (non-hydrogen) atoms. The van der Waals surface area contributed by atoms with Crippen molar-refractivity contribution in [3.8, 4) is 0 Å². The van der Waals surface area contributed by atoms with Gasteiger partial charge in [-0.3, -0.25) is 4.57 Å². The largest absolute Gasteiger partial charge is 0.416 e.